The molecule has 0 aromatic heterocycles. The van der Waals surface area contributed by atoms with Crippen molar-refractivity contribution in [1.82, 2.24) is 4.72 Å². The van der Waals surface area contributed by atoms with Crippen molar-refractivity contribution in [3.05, 3.63) is 0 Å². The SMILES string of the molecule is CCOC(=O)CCS(=O)(=O)NCC(OC)OC. The molecular formula is C9H19NO6S. The molecule has 0 aromatic rings. The molecule has 0 saturated heterocycles. The van der Waals surface area contributed by atoms with E-state index in [2.05, 4.69) is 9.46 Å². The zero-order chi connectivity index (χ0) is 13.3. The summed E-state index contributed by atoms with van der Waals surface area (Å²) in [6.07, 6.45) is -0.819. The lowest BCUT2D eigenvalue weighted by atomic mass is 10.5. The molecule has 0 unspecified atom stereocenters. The number of carbonyl (C=O) groups excluding carboxylic acids is 1. The molecular weight excluding hydrogens is 250 g/mol. The average molecular weight is 269 g/mol. The first kappa shape index (κ1) is 16.3. The predicted octanol–water partition coefficient (Wildman–Crippen LogP) is -0.522. The highest BCUT2D eigenvalue weighted by atomic mass is 32.2. The Morgan fingerprint density at radius 1 is 1.29 bits per heavy atom. The third-order valence-corrected chi connectivity index (χ3v) is 3.22. The molecule has 0 bridgehead atoms. The van der Waals surface area contributed by atoms with Crippen LogP contribution in [-0.4, -0.2) is 53.8 Å². The van der Waals surface area contributed by atoms with E-state index in [1.165, 1.54) is 14.2 Å². The number of carbonyl (C=O) groups is 1. The second-order valence-corrected chi connectivity index (χ2v) is 5.05. The van der Waals surface area contributed by atoms with Crippen molar-refractivity contribution in [3.8, 4) is 0 Å². The molecule has 0 saturated carbocycles. The molecule has 0 radical (unpaired) electrons. The van der Waals surface area contributed by atoms with Gasteiger partial charge in [0.25, 0.3) is 0 Å². The van der Waals surface area contributed by atoms with Crippen LogP contribution in [0.15, 0.2) is 0 Å². The molecule has 1 N–H and O–H groups in total. The van der Waals surface area contributed by atoms with Crippen LogP contribution >= 0.6 is 0 Å². The zero-order valence-corrected chi connectivity index (χ0v) is 11.1. The number of ether oxygens (including phenoxy) is 3. The van der Waals surface area contributed by atoms with Crippen LogP contribution in [0.25, 0.3) is 0 Å². The van der Waals surface area contributed by atoms with E-state index >= 15 is 0 Å². The second kappa shape index (κ2) is 8.40. The van der Waals surface area contributed by atoms with Crippen molar-refractivity contribution in [2.75, 3.05) is 33.1 Å². The highest BCUT2D eigenvalue weighted by Gasteiger charge is 2.16. The second-order valence-electron chi connectivity index (χ2n) is 3.12. The molecule has 0 aliphatic carbocycles. The number of sulfonamides is 1. The smallest absolute Gasteiger partial charge is 0.306 e. The van der Waals surface area contributed by atoms with Crippen molar-refractivity contribution < 1.29 is 27.4 Å². The summed E-state index contributed by atoms with van der Waals surface area (Å²) in [5, 5.41) is 0. The minimum absolute atomic E-state index is 0.00183. The first-order valence-electron chi connectivity index (χ1n) is 5.13. The summed E-state index contributed by atoms with van der Waals surface area (Å²) in [5.41, 5.74) is 0. The van der Waals surface area contributed by atoms with Crippen molar-refractivity contribution in [3.63, 3.8) is 0 Å². The Bertz CT molecular complexity index is 311. The van der Waals surface area contributed by atoms with Gasteiger partial charge in [-0.2, -0.15) is 0 Å². The first-order chi connectivity index (χ1) is 7.95. The number of esters is 1. The topological polar surface area (TPSA) is 90.9 Å². The number of rotatable bonds is 9. The van der Waals surface area contributed by atoms with Crippen LogP contribution in [-0.2, 0) is 29.0 Å². The summed E-state index contributed by atoms with van der Waals surface area (Å²) in [7, 11) is -0.713. The maximum atomic E-state index is 11.4. The van der Waals surface area contributed by atoms with Gasteiger partial charge in [0.15, 0.2) is 6.29 Å². The number of methoxy groups -OCH3 is 2. The number of nitrogens with one attached hydrogen (secondary N) is 1. The Balaban J connectivity index is 4.00. The molecule has 0 aromatic carbocycles. The highest BCUT2D eigenvalue weighted by Crippen LogP contribution is 1.95. The van der Waals surface area contributed by atoms with E-state index in [0.717, 1.165) is 0 Å². The molecule has 0 aliphatic heterocycles. The minimum atomic E-state index is -3.52. The predicted molar refractivity (Wildman–Crippen MR) is 60.8 cm³/mol. The maximum Gasteiger partial charge on any atom is 0.306 e. The van der Waals surface area contributed by atoms with E-state index in [9.17, 15) is 13.2 Å². The van der Waals surface area contributed by atoms with Crippen LogP contribution in [0.4, 0.5) is 0 Å². The third kappa shape index (κ3) is 8.08. The normalized spacial score (nSPS) is 11.8. The lowest BCUT2D eigenvalue weighted by Crippen LogP contribution is -2.36. The van der Waals surface area contributed by atoms with Crippen molar-refractivity contribution in [2.24, 2.45) is 0 Å². The lowest BCUT2D eigenvalue weighted by Gasteiger charge is -2.14. The molecule has 0 aliphatic rings. The molecule has 0 heterocycles. The largest absolute Gasteiger partial charge is 0.466 e. The Morgan fingerprint density at radius 2 is 1.88 bits per heavy atom. The van der Waals surface area contributed by atoms with E-state index in [0.29, 0.717) is 0 Å². The van der Waals surface area contributed by atoms with Gasteiger partial charge in [-0.1, -0.05) is 0 Å². The van der Waals surface area contributed by atoms with E-state index in [4.69, 9.17) is 9.47 Å². The van der Waals surface area contributed by atoms with Gasteiger partial charge in [-0.25, -0.2) is 13.1 Å². The summed E-state index contributed by atoms with van der Waals surface area (Å²) < 4.78 is 39.4. The van der Waals surface area contributed by atoms with Crippen LogP contribution in [0.5, 0.6) is 0 Å². The van der Waals surface area contributed by atoms with Crippen LogP contribution in [0, 0.1) is 0 Å². The highest BCUT2D eigenvalue weighted by molar-refractivity contribution is 7.89. The van der Waals surface area contributed by atoms with E-state index in [1.54, 1.807) is 6.92 Å². The Kier molecular flexibility index (Phi) is 8.05. The summed E-state index contributed by atoms with van der Waals surface area (Å²) >= 11 is 0. The first-order valence-corrected chi connectivity index (χ1v) is 6.79. The standard InChI is InChI=1S/C9H19NO6S/c1-4-16-8(11)5-6-17(12,13)10-7-9(14-2)15-3/h9-10H,4-7H2,1-3H3. The molecule has 0 fully saturated rings. The Morgan fingerprint density at radius 3 is 2.35 bits per heavy atom. The van der Waals surface area contributed by atoms with Gasteiger partial charge in [0.05, 0.1) is 25.3 Å². The maximum absolute atomic E-state index is 11.4. The quantitative estimate of drug-likeness (QED) is 0.447. The van der Waals surface area contributed by atoms with Crippen LogP contribution in [0.2, 0.25) is 0 Å². The summed E-state index contributed by atoms with van der Waals surface area (Å²) in [6.45, 7) is 1.90. The molecule has 0 spiro atoms. The molecule has 102 valence electrons. The van der Waals surface area contributed by atoms with E-state index < -0.39 is 22.3 Å². The molecule has 8 heteroatoms. The third-order valence-electron chi connectivity index (χ3n) is 1.88. The molecule has 0 amide bonds. The molecule has 17 heavy (non-hydrogen) atoms. The van der Waals surface area contributed by atoms with Gasteiger partial charge >= 0.3 is 5.97 Å². The van der Waals surface area contributed by atoms with E-state index in [-0.39, 0.29) is 25.3 Å². The average Bonchev–Trinajstić information content (AvgIpc) is 2.28. The number of hydrogen-bond acceptors (Lipinski definition) is 6. The van der Waals surface area contributed by atoms with Gasteiger partial charge in [-0.15, -0.1) is 0 Å². The van der Waals surface area contributed by atoms with Gasteiger partial charge < -0.3 is 14.2 Å². The van der Waals surface area contributed by atoms with Gasteiger partial charge in [-0.3, -0.25) is 4.79 Å². The van der Waals surface area contributed by atoms with E-state index in [1.807, 2.05) is 0 Å². The van der Waals surface area contributed by atoms with Crippen molar-refractivity contribution in [2.45, 2.75) is 19.6 Å². The Labute approximate surface area is 101 Å². The molecule has 0 atom stereocenters. The van der Waals surface area contributed by atoms with Crippen LogP contribution in [0.3, 0.4) is 0 Å². The monoisotopic (exact) mass is 269 g/mol. The van der Waals surface area contributed by atoms with Gasteiger partial charge in [0.1, 0.15) is 0 Å². The van der Waals surface area contributed by atoms with Gasteiger partial charge in [-0.05, 0) is 6.92 Å². The fourth-order valence-electron chi connectivity index (χ4n) is 0.981. The fourth-order valence-corrected chi connectivity index (χ4v) is 1.95. The summed E-state index contributed by atoms with van der Waals surface area (Å²) in [5.74, 6) is -0.848. The zero-order valence-electron chi connectivity index (χ0n) is 10.3. The minimum Gasteiger partial charge on any atom is -0.466 e. The fraction of sp³-hybridized carbons (Fsp3) is 0.889. The van der Waals surface area contributed by atoms with Gasteiger partial charge in [0, 0.05) is 14.2 Å². The lowest BCUT2D eigenvalue weighted by molar-refractivity contribution is -0.142. The summed E-state index contributed by atoms with van der Waals surface area (Å²) in [6, 6.07) is 0. The van der Waals surface area contributed by atoms with Gasteiger partial charge in [0.2, 0.25) is 10.0 Å². The Hall–Kier alpha value is -0.700. The van der Waals surface area contributed by atoms with Crippen molar-refractivity contribution >= 4 is 16.0 Å². The van der Waals surface area contributed by atoms with Crippen LogP contribution < -0.4 is 4.72 Å². The molecule has 7 nitrogen and oxygen atoms in total. The van der Waals surface area contributed by atoms with Crippen LogP contribution in [0.1, 0.15) is 13.3 Å². The molecule has 0 rings (SSSR count). The van der Waals surface area contributed by atoms with Crippen molar-refractivity contribution in [1.29, 1.82) is 0 Å². The summed E-state index contributed by atoms with van der Waals surface area (Å²) in [4.78, 5) is 11.0. The number of hydrogen-bond donors (Lipinski definition) is 1.